The maximum absolute atomic E-state index is 12.1. The Morgan fingerprint density at radius 2 is 1.90 bits per heavy atom. The molecule has 8 heteroatoms. The van der Waals surface area contributed by atoms with Gasteiger partial charge < -0.3 is 10.2 Å². The van der Waals surface area contributed by atoms with Crippen molar-refractivity contribution >= 4 is 33.3 Å². The highest BCUT2D eigenvalue weighted by Crippen LogP contribution is 2.22. The van der Waals surface area contributed by atoms with Crippen molar-refractivity contribution in [2.45, 2.75) is 4.90 Å². The van der Waals surface area contributed by atoms with Crippen molar-refractivity contribution in [1.29, 1.82) is 0 Å². The highest BCUT2D eigenvalue weighted by Gasteiger charge is 2.17. The van der Waals surface area contributed by atoms with Crippen LogP contribution >= 0.6 is 11.6 Å². The number of rotatable bonds is 4. The van der Waals surface area contributed by atoms with Crippen molar-refractivity contribution in [3.05, 3.63) is 53.1 Å². The van der Waals surface area contributed by atoms with Crippen LogP contribution in [0.4, 0.5) is 5.69 Å². The first-order chi connectivity index (χ1) is 9.79. The molecular formula is C13H9ClNO5S-. The Morgan fingerprint density at radius 3 is 2.52 bits per heavy atom. The molecule has 6 nitrogen and oxygen atoms in total. The van der Waals surface area contributed by atoms with Crippen LogP contribution in [0, 0.1) is 0 Å². The molecular weight excluding hydrogens is 318 g/mol. The maximum Gasteiger partial charge on any atom is 0.335 e. The monoisotopic (exact) mass is 326 g/mol. The molecule has 110 valence electrons. The third kappa shape index (κ3) is 3.45. The van der Waals surface area contributed by atoms with Gasteiger partial charge in [0.05, 0.1) is 16.1 Å². The van der Waals surface area contributed by atoms with Crippen molar-refractivity contribution in [3.63, 3.8) is 0 Å². The van der Waals surface area contributed by atoms with Gasteiger partial charge in [0, 0.05) is 5.02 Å². The van der Waals surface area contributed by atoms with Gasteiger partial charge in [-0.2, -0.15) is 0 Å². The van der Waals surface area contributed by atoms with Crippen LogP contribution < -0.4 is 9.83 Å². The summed E-state index contributed by atoms with van der Waals surface area (Å²) in [6.45, 7) is 0. The smallest absolute Gasteiger partial charge is 0.335 e. The van der Waals surface area contributed by atoms with Crippen molar-refractivity contribution in [3.8, 4) is 5.75 Å². The quantitative estimate of drug-likeness (QED) is 0.892. The fourth-order valence-corrected chi connectivity index (χ4v) is 2.88. The number of aromatic carboxylic acids is 1. The Morgan fingerprint density at radius 1 is 1.19 bits per heavy atom. The topological polar surface area (TPSA) is 107 Å². The van der Waals surface area contributed by atoms with E-state index in [0.29, 0.717) is 5.02 Å². The highest BCUT2D eigenvalue weighted by atomic mass is 35.5. The average Bonchev–Trinajstić information content (AvgIpc) is 2.38. The predicted octanol–water partition coefficient (Wildman–Crippen LogP) is 1.91. The molecule has 2 aromatic rings. The van der Waals surface area contributed by atoms with Crippen molar-refractivity contribution < 1.29 is 23.4 Å². The number of halogens is 1. The van der Waals surface area contributed by atoms with Crippen LogP contribution in [0.2, 0.25) is 5.02 Å². The van der Waals surface area contributed by atoms with E-state index in [9.17, 15) is 18.3 Å². The Hall–Kier alpha value is -2.25. The lowest BCUT2D eigenvalue weighted by Gasteiger charge is -2.13. The van der Waals surface area contributed by atoms with Crippen LogP contribution in [0.1, 0.15) is 10.4 Å². The van der Waals surface area contributed by atoms with Gasteiger partial charge in [-0.25, -0.2) is 13.2 Å². The minimum Gasteiger partial charge on any atom is -0.872 e. The Bertz CT molecular complexity index is 804. The van der Waals surface area contributed by atoms with Crippen LogP contribution in [-0.4, -0.2) is 19.5 Å². The summed E-state index contributed by atoms with van der Waals surface area (Å²) in [7, 11) is -4.01. The lowest BCUT2D eigenvalue weighted by molar-refractivity contribution is -0.268. The second-order valence-corrected chi connectivity index (χ2v) is 6.20. The van der Waals surface area contributed by atoms with Crippen molar-refractivity contribution in [2.75, 3.05) is 4.72 Å². The van der Waals surface area contributed by atoms with Gasteiger partial charge in [-0.1, -0.05) is 29.5 Å². The van der Waals surface area contributed by atoms with Gasteiger partial charge in [0.1, 0.15) is 0 Å². The molecule has 2 N–H and O–H groups in total. The molecule has 0 radical (unpaired) electrons. The van der Waals surface area contributed by atoms with E-state index < -0.39 is 27.3 Å². The van der Waals surface area contributed by atoms with Crippen LogP contribution in [0.5, 0.6) is 5.75 Å². The summed E-state index contributed by atoms with van der Waals surface area (Å²) in [6, 6.07) is 8.79. The van der Waals surface area contributed by atoms with E-state index in [2.05, 4.69) is 4.72 Å². The molecule has 0 aliphatic heterocycles. The molecule has 21 heavy (non-hydrogen) atoms. The van der Waals surface area contributed by atoms with Crippen LogP contribution in [0.15, 0.2) is 47.4 Å². The van der Waals surface area contributed by atoms with E-state index >= 15 is 0 Å². The van der Waals surface area contributed by atoms with Crippen LogP contribution in [-0.2, 0) is 10.0 Å². The fourth-order valence-electron chi connectivity index (χ4n) is 1.61. The van der Waals surface area contributed by atoms with Crippen molar-refractivity contribution in [1.82, 2.24) is 0 Å². The number of nitrogens with one attached hydrogen (secondary N) is 1. The van der Waals surface area contributed by atoms with Gasteiger partial charge in [0.15, 0.2) is 0 Å². The largest absolute Gasteiger partial charge is 0.872 e. The molecule has 0 unspecified atom stereocenters. The van der Waals surface area contributed by atoms with Gasteiger partial charge in [-0.05, 0) is 30.3 Å². The van der Waals surface area contributed by atoms with E-state index in [1.54, 1.807) is 12.1 Å². The molecule has 0 atom stereocenters. The summed E-state index contributed by atoms with van der Waals surface area (Å²) in [6.07, 6.45) is 0. The van der Waals surface area contributed by atoms with E-state index in [-0.39, 0.29) is 10.6 Å². The Labute approximate surface area is 125 Å². The molecule has 0 bridgehead atoms. The van der Waals surface area contributed by atoms with Gasteiger partial charge in [-0.15, -0.1) is 0 Å². The lowest BCUT2D eigenvalue weighted by Crippen LogP contribution is -2.14. The van der Waals surface area contributed by atoms with Crippen LogP contribution in [0.3, 0.4) is 0 Å². The molecule has 0 aliphatic carbocycles. The number of carbonyl (C=O) groups is 1. The summed E-state index contributed by atoms with van der Waals surface area (Å²) in [5.74, 6) is -2.25. The number of carboxylic acids is 1. The number of sulfonamides is 1. The summed E-state index contributed by atoms with van der Waals surface area (Å²) >= 11 is 5.75. The summed E-state index contributed by atoms with van der Waals surface area (Å²) < 4.78 is 26.6. The number of hydrogen-bond donors (Lipinski definition) is 2. The van der Waals surface area contributed by atoms with Gasteiger partial charge in [0.2, 0.25) is 0 Å². The minimum atomic E-state index is -4.01. The molecule has 0 amide bonds. The Balaban J connectivity index is 2.40. The van der Waals surface area contributed by atoms with Gasteiger partial charge in [-0.3, -0.25) is 4.72 Å². The Kier molecular flexibility index (Phi) is 4.06. The average molecular weight is 327 g/mol. The first-order valence-corrected chi connectivity index (χ1v) is 7.48. The molecule has 0 saturated carbocycles. The number of anilines is 1. The molecule has 0 aromatic heterocycles. The molecule has 0 fully saturated rings. The van der Waals surface area contributed by atoms with E-state index in [4.69, 9.17) is 16.7 Å². The van der Waals surface area contributed by atoms with Crippen LogP contribution in [0.25, 0.3) is 0 Å². The SMILES string of the molecule is O=C(O)c1cc(S(=O)(=O)Nc2cccc(Cl)c2)ccc1[O-]. The normalized spacial score (nSPS) is 11.1. The number of carboxylic acid groups (broad SMARTS) is 1. The van der Waals surface area contributed by atoms with E-state index in [1.165, 1.54) is 12.1 Å². The standard InChI is InChI=1S/C13H10ClNO5S/c14-8-2-1-3-9(6-8)15-21(19,20)10-4-5-12(16)11(7-10)13(17)18/h1-7,15-16H,(H,17,18)/p-1. The summed E-state index contributed by atoms with van der Waals surface area (Å²) in [5, 5.41) is 20.5. The zero-order valence-corrected chi connectivity index (χ0v) is 12.0. The molecule has 2 rings (SSSR count). The molecule has 2 aromatic carbocycles. The van der Waals surface area contributed by atoms with E-state index in [0.717, 1.165) is 18.2 Å². The minimum absolute atomic E-state index is 0.227. The zero-order chi connectivity index (χ0) is 15.6. The number of benzene rings is 2. The molecule has 0 aliphatic rings. The molecule has 0 heterocycles. The lowest BCUT2D eigenvalue weighted by atomic mass is 10.2. The zero-order valence-electron chi connectivity index (χ0n) is 10.4. The fraction of sp³-hybridized carbons (Fsp3) is 0. The third-order valence-electron chi connectivity index (χ3n) is 2.57. The molecule has 0 saturated heterocycles. The second kappa shape index (κ2) is 5.63. The maximum atomic E-state index is 12.1. The van der Waals surface area contributed by atoms with Gasteiger partial charge in [0.25, 0.3) is 10.0 Å². The van der Waals surface area contributed by atoms with Crippen molar-refractivity contribution in [2.24, 2.45) is 0 Å². The second-order valence-electron chi connectivity index (χ2n) is 4.08. The van der Waals surface area contributed by atoms with E-state index in [1.807, 2.05) is 0 Å². The third-order valence-corrected chi connectivity index (χ3v) is 4.18. The number of hydrogen-bond acceptors (Lipinski definition) is 4. The summed E-state index contributed by atoms with van der Waals surface area (Å²) in [5.41, 5.74) is -0.380. The first-order valence-electron chi connectivity index (χ1n) is 5.62. The highest BCUT2D eigenvalue weighted by molar-refractivity contribution is 7.92. The van der Waals surface area contributed by atoms with Gasteiger partial charge >= 0.3 is 5.97 Å². The summed E-state index contributed by atoms with van der Waals surface area (Å²) in [4.78, 5) is 10.6. The molecule has 0 spiro atoms. The first kappa shape index (κ1) is 15.1. The predicted molar refractivity (Wildman–Crippen MR) is 75.1 cm³/mol.